The third-order valence-electron chi connectivity index (χ3n) is 2.97. The van der Waals surface area contributed by atoms with Crippen molar-refractivity contribution in [3.8, 4) is 11.5 Å². The molecule has 5 nitrogen and oxygen atoms in total. The van der Waals surface area contributed by atoms with E-state index in [-0.39, 0.29) is 11.4 Å². The van der Waals surface area contributed by atoms with Gasteiger partial charge in [-0.05, 0) is 36.7 Å². The largest absolute Gasteiger partial charge is 0.450 e. The molecule has 5 heteroatoms. The molecule has 0 spiro atoms. The minimum absolute atomic E-state index is 0.0359. The van der Waals surface area contributed by atoms with Crippen molar-refractivity contribution in [1.82, 2.24) is 5.32 Å². The van der Waals surface area contributed by atoms with Crippen LogP contribution < -0.4 is 10.1 Å². The first kappa shape index (κ1) is 15.0. The van der Waals surface area contributed by atoms with E-state index < -0.39 is 4.92 Å². The first-order chi connectivity index (χ1) is 10.2. The van der Waals surface area contributed by atoms with Gasteiger partial charge in [0.05, 0.1) is 4.92 Å². The number of nitro benzene ring substituents is 1. The molecule has 1 N–H and O–H groups in total. The molecule has 110 valence electrons. The summed E-state index contributed by atoms with van der Waals surface area (Å²) in [6.07, 6.45) is 1.10. The van der Waals surface area contributed by atoms with Gasteiger partial charge in [-0.3, -0.25) is 10.1 Å². The van der Waals surface area contributed by atoms with E-state index in [1.54, 1.807) is 18.2 Å². The molecule has 0 aromatic heterocycles. The Bertz CT molecular complexity index is 597. The number of nitrogens with one attached hydrogen (secondary N) is 1. The highest BCUT2D eigenvalue weighted by atomic mass is 16.6. The Morgan fingerprint density at radius 2 is 1.86 bits per heavy atom. The second kappa shape index (κ2) is 7.40. The molecule has 21 heavy (non-hydrogen) atoms. The number of benzene rings is 2. The lowest BCUT2D eigenvalue weighted by atomic mass is 10.2. The van der Waals surface area contributed by atoms with E-state index >= 15 is 0 Å². The van der Waals surface area contributed by atoms with Crippen LogP contribution in [0.15, 0.2) is 48.5 Å². The number of rotatable bonds is 7. The maximum atomic E-state index is 10.9. The van der Waals surface area contributed by atoms with E-state index in [1.807, 2.05) is 24.3 Å². The zero-order valence-electron chi connectivity index (χ0n) is 11.9. The Morgan fingerprint density at radius 3 is 2.52 bits per heavy atom. The first-order valence-electron chi connectivity index (χ1n) is 6.91. The van der Waals surface area contributed by atoms with Gasteiger partial charge >= 0.3 is 5.69 Å². The summed E-state index contributed by atoms with van der Waals surface area (Å²) in [5, 5.41) is 14.2. The smallest absolute Gasteiger partial charge is 0.311 e. The first-order valence-corrected chi connectivity index (χ1v) is 6.91. The van der Waals surface area contributed by atoms with Crippen LogP contribution in [0.2, 0.25) is 0 Å². The topological polar surface area (TPSA) is 64.4 Å². The van der Waals surface area contributed by atoms with Crippen molar-refractivity contribution in [2.45, 2.75) is 19.9 Å². The summed E-state index contributed by atoms with van der Waals surface area (Å²) in [5.41, 5.74) is 1.12. The molecule has 0 aliphatic heterocycles. The van der Waals surface area contributed by atoms with Gasteiger partial charge in [-0.25, -0.2) is 0 Å². The molecule has 2 aromatic rings. The number of nitro groups is 1. The van der Waals surface area contributed by atoms with E-state index in [9.17, 15) is 10.1 Å². The molecule has 2 rings (SSSR count). The quantitative estimate of drug-likeness (QED) is 0.476. The molecule has 0 aliphatic carbocycles. The molecule has 0 fully saturated rings. The molecule has 0 radical (unpaired) electrons. The van der Waals surface area contributed by atoms with Crippen molar-refractivity contribution in [2.24, 2.45) is 0 Å². The summed E-state index contributed by atoms with van der Waals surface area (Å²) in [5.74, 6) is 0.836. The van der Waals surface area contributed by atoms with Crippen LogP contribution in [0.25, 0.3) is 0 Å². The van der Waals surface area contributed by atoms with Crippen LogP contribution in [0, 0.1) is 10.1 Å². The zero-order chi connectivity index (χ0) is 15.1. The minimum Gasteiger partial charge on any atom is -0.450 e. The van der Waals surface area contributed by atoms with E-state index in [4.69, 9.17) is 4.74 Å². The van der Waals surface area contributed by atoms with Crippen LogP contribution >= 0.6 is 0 Å². The number of hydrogen-bond donors (Lipinski definition) is 1. The Hall–Kier alpha value is -2.40. The molecule has 0 atom stereocenters. The van der Waals surface area contributed by atoms with Crippen LogP contribution in [0.5, 0.6) is 11.5 Å². The van der Waals surface area contributed by atoms with E-state index in [0.29, 0.717) is 5.75 Å². The van der Waals surface area contributed by atoms with Crippen LogP contribution in [0.4, 0.5) is 5.69 Å². The predicted octanol–water partition coefficient (Wildman–Crippen LogP) is 3.89. The lowest BCUT2D eigenvalue weighted by Crippen LogP contribution is -2.13. The lowest BCUT2D eigenvalue weighted by Gasteiger charge is -2.07. The van der Waals surface area contributed by atoms with Crippen molar-refractivity contribution in [2.75, 3.05) is 6.54 Å². The van der Waals surface area contributed by atoms with Gasteiger partial charge in [-0.1, -0.05) is 31.2 Å². The number of ether oxygens (including phenoxy) is 1. The van der Waals surface area contributed by atoms with E-state index in [1.165, 1.54) is 6.07 Å². The third kappa shape index (κ3) is 4.29. The average molecular weight is 286 g/mol. The molecule has 0 saturated heterocycles. The maximum absolute atomic E-state index is 10.9. The molecular weight excluding hydrogens is 268 g/mol. The van der Waals surface area contributed by atoms with Gasteiger partial charge < -0.3 is 10.1 Å². The highest BCUT2D eigenvalue weighted by molar-refractivity contribution is 5.48. The van der Waals surface area contributed by atoms with Gasteiger partial charge in [0.15, 0.2) is 0 Å². The second-order valence-electron chi connectivity index (χ2n) is 4.65. The summed E-state index contributed by atoms with van der Waals surface area (Å²) >= 11 is 0. The fraction of sp³-hybridized carbons (Fsp3) is 0.250. The lowest BCUT2D eigenvalue weighted by molar-refractivity contribution is -0.385. The predicted molar refractivity (Wildman–Crippen MR) is 81.6 cm³/mol. The molecule has 2 aromatic carbocycles. The van der Waals surface area contributed by atoms with Crippen molar-refractivity contribution in [3.05, 3.63) is 64.2 Å². The summed E-state index contributed by atoms with van der Waals surface area (Å²) < 4.78 is 5.59. The summed E-state index contributed by atoms with van der Waals surface area (Å²) in [7, 11) is 0. The number of nitrogens with zero attached hydrogens (tertiary/aromatic N) is 1. The van der Waals surface area contributed by atoms with Crippen LogP contribution in [-0.2, 0) is 6.54 Å². The zero-order valence-corrected chi connectivity index (χ0v) is 11.9. The fourth-order valence-corrected chi connectivity index (χ4v) is 1.91. The summed E-state index contributed by atoms with van der Waals surface area (Å²) in [4.78, 5) is 10.5. The Kier molecular flexibility index (Phi) is 5.29. The van der Waals surface area contributed by atoms with E-state index in [2.05, 4.69) is 12.2 Å². The van der Waals surface area contributed by atoms with Crippen molar-refractivity contribution >= 4 is 5.69 Å². The Balaban J connectivity index is 2.05. The normalized spacial score (nSPS) is 10.3. The van der Waals surface area contributed by atoms with Gasteiger partial charge in [0.25, 0.3) is 0 Å². The standard InChI is InChI=1S/C16H18N2O3/c1-2-11-17-12-13-7-9-14(10-8-13)21-16-6-4-3-5-15(16)18(19)20/h3-10,17H,2,11-12H2,1H3. The highest BCUT2D eigenvalue weighted by Crippen LogP contribution is 2.30. The fourth-order valence-electron chi connectivity index (χ4n) is 1.91. The number of hydrogen-bond acceptors (Lipinski definition) is 4. The third-order valence-corrected chi connectivity index (χ3v) is 2.97. The monoisotopic (exact) mass is 286 g/mol. The van der Waals surface area contributed by atoms with Crippen LogP contribution in [0.3, 0.4) is 0 Å². The van der Waals surface area contributed by atoms with Crippen LogP contribution in [-0.4, -0.2) is 11.5 Å². The average Bonchev–Trinajstić information content (AvgIpc) is 2.50. The van der Waals surface area contributed by atoms with Gasteiger partial charge in [0.2, 0.25) is 5.75 Å². The van der Waals surface area contributed by atoms with E-state index in [0.717, 1.165) is 25.1 Å². The Morgan fingerprint density at radius 1 is 1.14 bits per heavy atom. The Labute approximate surface area is 123 Å². The molecule has 0 amide bonds. The van der Waals surface area contributed by atoms with Crippen molar-refractivity contribution < 1.29 is 9.66 Å². The summed E-state index contributed by atoms with van der Waals surface area (Å²) in [6.45, 7) is 3.91. The van der Waals surface area contributed by atoms with Gasteiger partial charge in [0, 0.05) is 12.6 Å². The molecule has 0 heterocycles. The van der Waals surface area contributed by atoms with Crippen molar-refractivity contribution in [1.29, 1.82) is 0 Å². The van der Waals surface area contributed by atoms with Crippen molar-refractivity contribution in [3.63, 3.8) is 0 Å². The minimum atomic E-state index is -0.446. The SMILES string of the molecule is CCCNCc1ccc(Oc2ccccc2[N+](=O)[O-])cc1. The number of para-hydroxylation sites is 2. The molecule has 0 bridgehead atoms. The molecule has 0 unspecified atom stereocenters. The molecular formula is C16H18N2O3. The second-order valence-corrected chi connectivity index (χ2v) is 4.65. The summed E-state index contributed by atoms with van der Waals surface area (Å²) in [6, 6.07) is 13.9. The molecule has 0 aliphatic rings. The molecule has 0 saturated carbocycles. The van der Waals surface area contributed by atoms with Gasteiger partial charge in [-0.15, -0.1) is 0 Å². The van der Waals surface area contributed by atoms with Gasteiger partial charge in [0.1, 0.15) is 5.75 Å². The van der Waals surface area contributed by atoms with Gasteiger partial charge in [-0.2, -0.15) is 0 Å². The van der Waals surface area contributed by atoms with Crippen LogP contribution in [0.1, 0.15) is 18.9 Å². The highest BCUT2D eigenvalue weighted by Gasteiger charge is 2.14. The maximum Gasteiger partial charge on any atom is 0.311 e.